The molecule has 1 fully saturated rings. The van der Waals surface area contributed by atoms with Crippen LogP contribution in [0.5, 0.6) is 5.75 Å². The monoisotopic (exact) mass is 346 g/mol. The Morgan fingerprint density at radius 3 is 2.80 bits per heavy atom. The van der Waals surface area contributed by atoms with Crippen LogP contribution in [0.4, 0.5) is 0 Å². The maximum Gasteiger partial charge on any atom is 0.168 e. The van der Waals surface area contributed by atoms with E-state index in [0.29, 0.717) is 11.6 Å². The van der Waals surface area contributed by atoms with Gasteiger partial charge in [0.25, 0.3) is 0 Å². The molecule has 1 aliphatic rings. The summed E-state index contributed by atoms with van der Waals surface area (Å²) < 4.78 is 5.49. The number of allylic oxidation sites excluding steroid dienone is 1. The Morgan fingerprint density at radius 2 is 2.20 bits per heavy atom. The number of likely N-dealkylation sites (N-methyl/N-ethyl adjacent to an activating group) is 1. The van der Waals surface area contributed by atoms with Gasteiger partial charge in [-0.1, -0.05) is 30.3 Å². The number of hydrogen-bond acceptors (Lipinski definition) is 6. The third kappa shape index (κ3) is 5.26. The SMILES string of the molecule is C=NOOCN(C)C(=C/CC)/C(O)=C\c1ccc(C2CC2)cc1OC. The van der Waals surface area contributed by atoms with Gasteiger partial charge in [0.2, 0.25) is 0 Å². The highest BCUT2D eigenvalue weighted by Gasteiger charge is 2.24. The average molecular weight is 346 g/mol. The second-order valence-corrected chi connectivity index (χ2v) is 5.95. The van der Waals surface area contributed by atoms with Gasteiger partial charge in [0.1, 0.15) is 11.5 Å². The zero-order valence-corrected chi connectivity index (χ0v) is 15.1. The van der Waals surface area contributed by atoms with E-state index in [-0.39, 0.29) is 12.5 Å². The van der Waals surface area contributed by atoms with E-state index in [4.69, 9.17) is 9.62 Å². The average Bonchev–Trinajstić information content (AvgIpc) is 3.45. The number of aliphatic hydroxyl groups is 1. The molecule has 1 aromatic carbocycles. The molecule has 1 saturated carbocycles. The highest BCUT2D eigenvalue weighted by atomic mass is 17.3. The molecule has 0 atom stereocenters. The standard InChI is InChI=1S/C19H26N2O4/c1-5-6-17(21(3)13-24-25-20-2)18(22)11-16-10-9-15(14-7-8-14)12-19(16)23-4/h6,9-12,14,22H,2,5,7-8,13H2,1,3-4H3/b17-6+,18-11+. The van der Waals surface area contributed by atoms with Crippen molar-refractivity contribution in [1.82, 2.24) is 4.90 Å². The van der Waals surface area contributed by atoms with Gasteiger partial charge in [0.15, 0.2) is 6.73 Å². The number of aliphatic hydroxyl groups excluding tert-OH is 1. The lowest BCUT2D eigenvalue weighted by molar-refractivity contribution is -0.311. The molecule has 0 heterocycles. The zero-order valence-electron chi connectivity index (χ0n) is 15.1. The van der Waals surface area contributed by atoms with Crippen LogP contribution >= 0.6 is 0 Å². The van der Waals surface area contributed by atoms with Crippen molar-refractivity contribution >= 4 is 12.8 Å². The van der Waals surface area contributed by atoms with E-state index in [9.17, 15) is 5.11 Å². The molecule has 2 rings (SSSR count). The Balaban J connectivity index is 2.21. The predicted molar refractivity (Wildman–Crippen MR) is 98.3 cm³/mol. The Labute approximate surface area is 148 Å². The van der Waals surface area contributed by atoms with Crippen molar-refractivity contribution in [2.24, 2.45) is 5.16 Å². The van der Waals surface area contributed by atoms with Crippen molar-refractivity contribution in [3.63, 3.8) is 0 Å². The lowest BCUT2D eigenvalue weighted by Crippen LogP contribution is -2.22. The second-order valence-electron chi connectivity index (χ2n) is 5.95. The van der Waals surface area contributed by atoms with Gasteiger partial charge < -0.3 is 14.7 Å². The fraction of sp³-hybridized carbons (Fsp3) is 0.421. The molecule has 0 spiro atoms. The number of ether oxygens (including phenoxy) is 1. The van der Waals surface area contributed by atoms with Crippen molar-refractivity contribution in [1.29, 1.82) is 0 Å². The van der Waals surface area contributed by atoms with Crippen molar-refractivity contribution in [2.75, 3.05) is 20.9 Å². The Bertz CT molecular complexity index is 651. The first-order valence-corrected chi connectivity index (χ1v) is 8.35. The summed E-state index contributed by atoms with van der Waals surface area (Å²) in [6.45, 7) is 5.26. The molecule has 0 aromatic heterocycles. The molecule has 6 heteroatoms. The third-order valence-electron chi connectivity index (χ3n) is 4.02. The number of hydrogen-bond donors (Lipinski definition) is 1. The first-order chi connectivity index (χ1) is 12.1. The number of nitrogens with zero attached hydrogens (tertiary/aromatic N) is 2. The van der Waals surface area contributed by atoms with E-state index in [1.165, 1.54) is 18.4 Å². The molecule has 0 amide bonds. The molecule has 136 valence electrons. The summed E-state index contributed by atoms with van der Waals surface area (Å²) in [5, 5.41) is 13.8. The van der Waals surface area contributed by atoms with Gasteiger partial charge in [-0.3, -0.25) is 0 Å². The smallest absolute Gasteiger partial charge is 0.168 e. The molecule has 0 saturated heterocycles. The van der Waals surface area contributed by atoms with Gasteiger partial charge in [-0.25, -0.2) is 4.99 Å². The zero-order chi connectivity index (χ0) is 18.2. The first-order valence-electron chi connectivity index (χ1n) is 8.35. The van der Waals surface area contributed by atoms with E-state index in [1.807, 2.05) is 19.1 Å². The molecular formula is C19H26N2O4. The van der Waals surface area contributed by atoms with Crippen LogP contribution in [0.1, 0.15) is 43.2 Å². The topological polar surface area (TPSA) is 63.5 Å². The largest absolute Gasteiger partial charge is 0.506 e. The van der Waals surface area contributed by atoms with Gasteiger partial charge in [0, 0.05) is 19.3 Å². The van der Waals surface area contributed by atoms with Crippen LogP contribution in [-0.4, -0.2) is 37.6 Å². The van der Waals surface area contributed by atoms with Gasteiger partial charge >= 0.3 is 0 Å². The molecule has 25 heavy (non-hydrogen) atoms. The van der Waals surface area contributed by atoms with Crippen LogP contribution in [-0.2, 0) is 9.88 Å². The van der Waals surface area contributed by atoms with Crippen LogP contribution < -0.4 is 4.74 Å². The lowest BCUT2D eigenvalue weighted by atomic mass is 10.1. The van der Waals surface area contributed by atoms with Crippen LogP contribution in [0, 0.1) is 0 Å². The van der Waals surface area contributed by atoms with Crippen molar-refractivity contribution in [3.8, 4) is 5.75 Å². The molecular weight excluding hydrogens is 320 g/mol. The minimum atomic E-state index is 0.0977. The number of oxime groups is 1. The predicted octanol–water partition coefficient (Wildman–Crippen LogP) is 4.22. The number of benzene rings is 1. The van der Waals surface area contributed by atoms with E-state index in [0.717, 1.165) is 17.7 Å². The van der Waals surface area contributed by atoms with Gasteiger partial charge in [-0.2, -0.15) is 0 Å². The van der Waals surface area contributed by atoms with Crippen molar-refractivity contribution in [2.45, 2.75) is 32.1 Å². The van der Waals surface area contributed by atoms with E-state index in [1.54, 1.807) is 25.1 Å². The van der Waals surface area contributed by atoms with Crippen LogP contribution in [0.15, 0.2) is 40.9 Å². The molecule has 1 aliphatic carbocycles. The fourth-order valence-electron chi connectivity index (χ4n) is 2.60. The Kier molecular flexibility index (Phi) is 6.89. The number of rotatable bonds is 10. The fourth-order valence-corrected chi connectivity index (χ4v) is 2.60. The van der Waals surface area contributed by atoms with E-state index in [2.05, 4.69) is 29.0 Å². The highest BCUT2D eigenvalue weighted by Crippen LogP contribution is 2.41. The summed E-state index contributed by atoms with van der Waals surface area (Å²) in [6, 6.07) is 6.13. The minimum Gasteiger partial charge on any atom is -0.506 e. The lowest BCUT2D eigenvalue weighted by Gasteiger charge is -2.21. The maximum atomic E-state index is 10.6. The molecule has 0 bridgehead atoms. The van der Waals surface area contributed by atoms with E-state index < -0.39 is 0 Å². The van der Waals surface area contributed by atoms with Crippen molar-refractivity contribution < 1.29 is 19.7 Å². The third-order valence-corrected chi connectivity index (χ3v) is 4.02. The summed E-state index contributed by atoms with van der Waals surface area (Å²) in [7, 11) is 3.42. The Hall–Kier alpha value is -2.47. The van der Waals surface area contributed by atoms with Crippen LogP contribution in [0.2, 0.25) is 0 Å². The highest BCUT2D eigenvalue weighted by molar-refractivity contribution is 5.62. The van der Waals surface area contributed by atoms with Gasteiger partial charge in [0.05, 0.1) is 12.8 Å². The molecule has 6 nitrogen and oxygen atoms in total. The quantitative estimate of drug-likeness (QED) is 0.131. The molecule has 0 unspecified atom stereocenters. The molecule has 0 radical (unpaired) electrons. The van der Waals surface area contributed by atoms with Crippen molar-refractivity contribution in [3.05, 3.63) is 46.9 Å². The number of methoxy groups -OCH3 is 1. The summed E-state index contributed by atoms with van der Waals surface area (Å²) in [5.74, 6) is 1.53. The summed E-state index contributed by atoms with van der Waals surface area (Å²) >= 11 is 0. The van der Waals surface area contributed by atoms with Crippen LogP contribution in [0.3, 0.4) is 0 Å². The molecule has 0 aliphatic heterocycles. The molecule has 1 N–H and O–H groups in total. The van der Waals surface area contributed by atoms with Gasteiger partial charge in [-0.15, -0.1) is 4.89 Å². The summed E-state index contributed by atoms with van der Waals surface area (Å²) in [6.07, 6.45) is 6.83. The summed E-state index contributed by atoms with van der Waals surface area (Å²) in [5.41, 5.74) is 2.74. The second kappa shape index (κ2) is 9.13. The van der Waals surface area contributed by atoms with E-state index >= 15 is 0 Å². The van der Waals surface area contributed by atoms with Gasteiger partial charge in [-0.05, 0) is 42.9 Å². The minimum absolute atomic E-state index is 0.0977. The normalized spacial score (nSPS) is 15.0. The maximum absolute atomic E-state index is 10.6. The molecule has 1 aromatic rings. The first kappa shape index (κ1) is 18.9. The Morgan fingerprint density at radius 1 is 1.44 bits per heavy atom. The van der Waals surface area contributed by atoms with Crippen LogP contribution in [0.25, 0.3) is 6.08 Å². The summed E-state index contributed by atoms with van der Waals surface area (Å²) in [4.78, 5) is 11.0.